The summed E-state index contributed by atoms with van der Waals surface area (Å²) in [5.41, 5.74) is 3.11. The average Bonchev–Trinajstić information content (AvgIpc) is 2.95. The zero-order valence-corrected chi connectivity index (χ0v) is 17.3. The van der Waals surface area contributed by atoms with Crippen molar-refractivity contribution in [3.63, 3.8) is 0 Å². The van der Waals surface area contributed by atoms with Crippen LogP contribution in [0, 0.1) is 19.8 Å². The van der Waals surface area contributed by atoms with Gasteiger partial charge in [-0.25, -0.2) is 13.4 Å². The van der Waals surface area contributed by atoms with Crippen molar-refractivity contribution in [3.05, 3.63) is 23.5 Å². The van der Waals surface area contributed by atoms with Crippen LogP contribution in [0.5, 0.6) is 5.75 Å². The number of hydrogen-bond acceptors (Lipinski definition) is 7. The Morgan fingerprint density at radius 2 is 2.04 bits per heavy atom. The lowest BCUT2D eigenvalue weighted by atomic mass is 9.87. The SMILES string of the molecule is Cc1nc(-c2nnn(C)c2C)ccc1O[C@H]1CCC[C@H](C(=O)NS(C)(=O)=O)C1. The molecule has 0 saturated heterocycles. The van der Waals surface area contributed by atoms with Gasteiger partial charge in [0.2, 0.25) is 15.9 Å². The van der Waals surface area contributed by atoms with E-state index in [9.17, 15) is 13.2 Å². The molecule has 0 spiro atoms. The van der Waals surface area contributed by atoms with Gasteiger partial charge < -0.3 is 4.74 Å². The maximum Gasteiger partial charge on any atom is 0.236 e. The maximum atomic E-state index is 12.1. The fourth-order valence-corrected chi connectivity index (χ4v) is 3.91. The molecule has 3 rings (SSSR count). The van der Waals surface area contributed by atoms with Crippen molar-refractivity contribution < 1.29 is 17.9 Å². The summed E-state index contributed by atoms with van der Waals surface area (Å²) in [6, 6.07) is 3.70. The number of carbonyl (C=O) groups is 1. The Labute approximate surface area is 164 Å². The van der Waals surface area contributed by atoms with E-state index in [0.717, 1.165) is 41.9 Å². The van der Waals surface area contributed by atoms with Gasteiger partial charge in [0.15, 0.2) is 0 Å². The quantitative estimate of drug-likeness (QED) is 0.798. The molecule has 152 valence electrons. The van der Waals surface area contributed by atoms with Gasteiger partial charge in [0, 0.05) is 13.0 Å². The van der Waals surface area contributed by atoms with Gasteiger partial charge in [0.05, 0.1) is 29.4 Å². The summed E-state index contributed by atoms with van der Waals surface area (Å²) in [7, 11) is -1.72. The molecule has 2 heterocycles. The molecule has 28 heavy (non-hydrogen) atoms. The Hall–Kier alpha value is -2.49. The summed E-state index contributed by atoms with van der Waals surface area (Å²) in [4.78, 5) is 16.7. The highest BCUT2D eigenvalue weighted by Crippen LogP contribution is 2.30. The molecule has 0 bridgehead atoms. The molecule has 10 heteroatoms. The maximum absolute atomic E-state index is 12.1. The van der Waals surface area contributed by atoms with E-state index in [-0.39, 0.29) is 12.0 Å². The molecule has 1 amide bonds. The second-order valence-corrected chi connectivity index (χ2v) is 9.02. The zero-order chi connectivity index (χ0) is 20.5. The summed E-state index contributed by atoms with van der Waals surface area (Å²) >= 11 is 0. The van der Waals surface area contributed by atoms with Crippen molar-refractivity contribution >= 4 is 15.9 Å². The van der Waals surface area contributed by atoms with Crippen LogP contribution < -0.4 is 9.46 Å². The molecule has 0 aliphatic heterocycles. The summed E-state index contributed by atoms with van der Waals surface area (Å²) in [5, 5.41) is 8.15. The molecule has 0 radical (unpaired) electrons. The van der Waals surface area contributed by atoms with E-state index in [0.29, 0.717) is 18.6 Å². The summed E-state index contributed by atoms with van der Waals surface area (Å²) in [5.74, 6) is -0.179. The van der Waals surface area contributed by atoms with Gasteiger partial charge in [-0.2, -0.15) is 0 Å². The average molecular weight is 407 g/mol. The van der Waals surface area contributed by atoms with Gasteiger partial charge in [0.1, 0.15) is 11.4 Å². The van der Waals surface area contributed by atoms with Crippen molar-refractivity contribution in [2.75, 3.05) is 6.26 Å². The number of rotatable bonds is 5. The molecular formula is C18H25N5O4S. The van der Waals surface area contributed by atoms with Crippen LogP contribution in [0.25, 0.3) is 11.4 Å². The molecule has 2 aromatic heterocycles. The highest BCUT2D eigenvalue weighted by molar-refractivity contribution is 7.89. The first-order valence-corrected chi connectivity index (χ1v) is 11.1. The van der Waals surface area contributed by atoms with Gasteiger partial charge in [-0.05, 0) is 51.7 Å². The van der Waals surface area contributed by atoms with E-state index in [1.165, 1.54) is 0 Å². The van der Waals surface area contributed by atoms with E-state index in [2.05, 4.69) is 20.0 Å². The molecular weight excluding hydrogens is 382 g/mol. The van der Waals surface area contributed by atoms with Crippen LogP contribution in [-0.4, -0.2) is 46.7 Å². The fraction of sp³-hybridized carbons (Fsp3) is 0.556. The third kappa shape index (κ3) is 4.67. The second-order valence-electron chi connectivity index (χ2n) is 7.27. The van der Waals surface area contributed by atoms with E-state index < -0.39 is 15.9 Å². The third-order valence-corrected chi connectivity index (χ3v) is 5.54. The number of hydrogen-bond donors (Lipinski definition) is 1. The minimum absolute atomic E-state index is 0.159. The Bertz CT molecular complexity index is 986. The Balaban J connectivity index is 1.69. The number of carbonyl (C=O) groups excluding carboxylic acids is 1. The van der Waals surface area contributed by atoms with Crippen molar-refractivity contribution in [1.29, 1.82) is 0 Å². The lowest BCUT2D eigenvalue weighted by Gasteiger charge is -2.29. The number of pyridine rings is 1. The first-order chi connectivity index (χ1) is 13.1. The first kappa shape index (κ1) is 20.2. The summed E-state index contributed by atoms with van der Waals surface area (Å²) in [6.45, 7) is 3.79. The number of aromatic nitrogens is 4. The normalized spacial score (nSPS) is 20.0. The zero-order valence-electron chi connectivity index (χ0n) is 16.5. The van der Waals surface area contributed by atoms with Gasteiger partial charge >= 0.3 is 0 Å². The van der Waals surface area contributed by atoms with Gasteiger partial charge in [0.25, 0.3) is 0 Å². The second kappa shape index (κ2) is 7.86. The Kier molecular flexibility index (Phi) is 5.69. The van der Waals surface area contributed by atoms with Crippen molar-refractivity contribution in [3.8, 4) is 17.1 Å². The van der Waals surface area contributed by atoms with Crippen molar-refractivity contribution in [2.24, 2.45) is 13.0 Å². The largest absolute Gasteiger partial charge is 0.489 e. The molecule has 1 fully saturated rings. The van der Waals surface area contributed by atoms with Crippen LogP contribution in [0.4, 0.5) is 0 Å². The summed E-state index contributed by atoms with van der Waals surface area (Å²) in [6.07, 6.45) is 3.57. The van der Waals surface area contributed by atoms with Crippen LogP contribution in [-0.2, 0) is 21.9 Å². The molecule has 0 unspecified atom stereocenters. The van der Waals surface area contributed by atoms with Gasteiger partial charge in [-0.3, -0.25) is 14.2 Å². The molecule has 2 atom stereocenters. The molecule has 1 aliphatic rings. The van der Waals surface area contributed by atoms with Crippen molar-refractivity contribution in [2.45, 2.75) is 45.6 Å². The number of amides is 1. The molecule has 0 aromatic carbocycles. The van der Waals surface area contributed by atoms with Crippen LogP contribution in [0.1, 0.15) is 37.1 Å². The molecule has 1 N–H and O–H groups in total. The first-order valence-electron chi connectivity index (χ1n) is 9.16. The van der Waals surface area contributed by atoms with Crippen molar-refractivity contribution in [1.82, 2.24) is 24.7 Å². The van der Waals surface area contributed by atoms with Crippen LogP contribution in [0.2, 0.25) is 0 Å². The third-order valence-electron chi connectivity index (χ3n) is 4.96. The summed E-state index contributed by atoms with van der Waals surface area (Å²) < 4.78 is 32.4. The number of sulfonamides is 1. The minimum atomic E-state index is -3.55. The predicted molar refractivity (Wildman–Crippen MR) is 103 cm³/mol. The van der Waals surface area contributed by atoms with Gasteiger partial charge in [-0.1, -0.05) is 5.21 Å². The Morgan fingerprint density at radius 1 is 1.29 bits per heavy atom. The number of aryl methyl sites for hydroxylation is 2. The highest BCUT2D eigenvalue weighted by atomic mass is 32.2. The predicted octanol–water partition coefficient (Wildman–Crippen LogP) is 1.51. The van der Waals surface area contributed by atoms with E-state index in [1.54, 1.807) is 4.68 Å². The minimum Gasteiger partial charge on any atom is -0.489 e. The van der Waals surface area contributed by atoms with Crippen LogP contribution >= 0.6 is 0 Å². The lowest BCUT2D eigenvalue weighted by Crippen LogP contribution is -2.39. The smallest absolute Gasteiger partial charge is 0.236 e. The highest BCUT2D eigenvalue weighted by Gasteiger charge is 2.30. The van der Waals surface area contributed by atoms with Crippen LogP contribution in [0.3, 0.4) is 0 Å². The van der Waals surface area contributed by atoms with E-state index in [1.807, 2.05) is 33.0 Å². The van der Waals surface area contributed by atoms with Gasteiger partial charge in [-0.15, -0.1) is 5.10 Å². The lowest BCUT2D eigenvalue weighted by molar-refractivity contribution is -0.125. The fourth-order valence-electron chi connectivity index (χ4n) is 3.38. The van der Waals surface area contributed by atoms with E-state index >= 15 is 0 Å². The Morgan fingerprint density at radius 3 is 2.64 bits per heavy atom. The number of ether oxygens (including phenoxy) is 1. The molecule has 9 nitrogen and oxygen atoms in total. The number of nitrogens with zero attached hydrogens (tertiary/aromatic N) is 4. The number of nitrogens with one attached hydrogen (secondary N) is 1. The topological polar surface area (TPSA) is 116 Å². The molecule has 1 aliphatic carbocycles. The molecule has 2 aromatic rings. The van der Waals surface area contributed by atoms with Crippen LogP contribution in [0.15, 0.2) is 12.1 Å². The van der Waals surface area contributed by atoms with E-state index in [4.69, 9.17) is 4.74 Å². The standard InChI is InChI=1S/C18H25N5O4S/c1-11-16(9-8-15(19-11)17-12(2)23(3)22-20-17)27-14-7-5-6-13(10-14)18(24)21-28(4,25)26/h8-9,13-14H,5-7,10H2,1-4H3,(H,21,24)/t13-,14-/m0/s1. The molecule has 1 saturated carbocycles. The monoisotopic (exact) mass is 407 g/mol.